The van der Waals surface area contributed by atoms with E-state index >= 15 is 0 Å². The summed E-state index contributed by atoms with van der Waals surface area (Å²) in [5.74, 6) is 1.15. The second-order valence-corrected chi connectivity index (χ2v) is 7.16. The van der Waals surface area contributed by atoms with E-state index in [2.05, 4.69) is 31.1 Å². The number of nitrogen functional groups attached to an aromatic ring is 1. The highest BCUT2D eigenvalue weighted by Crippen LogP contribution is 2.37. The van der Waals surface area contributed by atoms with Gasteiger partial charge in [-0.1, -0.05) is 25.6 Å². The number of phenolic OH excluding ortho intramolecular Hbond substituents is 1. The number of anilines is 1. The number of primary amides is 1. The fourth-order valence-corrected chi connectivity index (χ4v) is 3.47. The highest BCUT2D eigenvalue weighted by Gasteiger charge is 2.27. The van der Waals surface area contributed by atoms with Gasteiger partial charge in [-0.15, -0.1) is 0 Å². The minimum Gasteiger partial charge on any atom is -0.507 e. The molecule has 1 saturated heterocycles. The largest absolute Gasteiger partial charge is 0.507 e. The molecule has 1 aromatic heterocycles. The summed E-state index contributed by atoms with van der Waals surface area (Å²) in [7, 11) is 0. The normalized spacial score (nSPS) is 19.2. The maximum absolute atomic E-state index is 9.97. The van der Waals surface area contributed by atoms with E-state index < -0.39 is 5.91 Å². The molecule has 0 bridgehead atoms. The number of nitrogens with two attached hydrogens (primary N) is 3. The van der Waals surface area contributed by atoms with Crippen LogP contribution in [0.5, 0.6) is 5.75 Å². The van der Waals surface area contributed by atoms with Crippen LogP contribution in [0.1, 0.15) is 41.6 Å². The van der Waals surface area contributed by atoms with Crippen LogP contribution in [-0.2, 0) is 9.53 Å². The first-order valence-electron chi connectivity index (χ1n) is 9.49. The van der Waals surface area contributed by atoms with Gasteiger partial charge in [0.2, 0.25) is 5.91 Å². The van der Waals surface area contributed by atoms with E-state index in [0.717, 1.165) is 36.8 Å². The van der Waals surface area contributed by atoms with Crippen LogP contribution in [0.15, 0.2) is 36.9 Å². The molecule has 29 heavy (non-hydrogen) atoms. The Morgan fingerprint density at radius 2 is 2.00 bits per heavy atom. The Balaban J connectivity index is 0.000000537. The average molecular weight is 399 g/mol. The summed E-state index contributed by atoms with van der Waals surface area (Å²) in [6.45, 7) is 8.90. The molecule has 1 amide bonds. The minimum atomic E-state index is -0.481. The van der Waals surface area contributed by atoms with E-state index in [-0.39, 0.29) is 5.75 Å². The van der Waals surface area contributed by atoms with Crippen molar-refractivity contribution >= 4 is 23.5 Å². The van der Waals surface area contributed by atoms with E-state index in [1.165, 1.54) is 5.69 Å². The van der Waals surface area contributed by atoms with Crippen LogP contribution in [0.2, 0.25) is 0 Å². The van der Waals surface area contributed by atoms with Crippen molar-refractivity contribution in [2.45, 2.75) is 26.2 Å². The number of hydrogen-bond acceptors (Lipinski definition) is 5. The van der Waals surface area contributed by atoms with Crippen LogP contribution >= 0.6 is 0 Å². The number of rotatable bonds is 4. The number of amides is 1. The molecular weight excluding hydrogens is 368 g/mol. The molecule has 0 radical (unpaired) electrons. The van der Waals surface area contributed by atoms with Gasteiger partial charge in [-0.05, 0) is 49.1 Å². The Labute approximate surface area is 171 Å². The van der Waals surface area contributed by atoms with Gasteiger partial charge >= 0.3 is 0 Å². The van der Waals surface area contributed by atoms with E-state index in [1.54, 1.807) is 18.2 Å². The third-order valence-electron chi connectivity index (χ3n) is 5.10. The van der Waals surface area contributed by atoms with Crippen LogP contribution in [0.25, 0.3) is 11.8 Å². The number of carbonyl (C=O) groups is 1. The summed E-state index contributed by atoms with van der Waals surface area (Å²) in [4.78, 5) is 12.8. The molecular formula is C22H30N4O3. The summed E-state index contributed by atoms with van der Waals surface area (Å²) in [6, 6.07) is 7.03. The SMILES string of the molecule is C=CC(N)=O.Cc1c(C2CCOCC2C)[nH]c(N)c1/C=C(\N)c1ccccc1O. The molecule has 3 rings (SSSR count). The number of H-pyrrole nitrogens is 1. The number of carbonyl (C=O) groups excluding carboxylic acids is 1. The predicted molar refractivity (Wildman–Crippen MR) is 117 cm³/mol. The topological polar surface area (TPSA) is 140 Å². The summed E-state index contributed by atoms with van der Waals surface area (Å²) in [6.07, 6.45) is 3.88. The standard InChI is InChI=1S/C19H25N3O2.C3H5NO/c1-11-10-24-8-7-13(11)18-12(2)15(19(21)22-18)9-16(20)14-5-3-4-6-17(14)23;1-2-3(4)5/h3-6,9,11,13,22-23H,7-8,10,20-21H2,1-2H3;2H,1H2,(H2,4,5)/b16-9-;. The zero-order chi connectivity index (χ0) is 21.6. The van der Waals surface area contributed by atoms with Crippen molar-refractivity contribution < 1.29 is 14.6 Å². The van der Waals surface area contributed by atoms with Crippen molar-refractivity contribution in [1.82, 2.24) is 4.98 Å². The molecule has 156 valence electrons. The van der Waals surface area contributed by atoms with E-state index in [0.29, 0.717) is 28.9 Å². The highest BCUT2D eigenvalue weighted by molar-refractivity contribution is 5.86. The lowest BCUT2D eigenvalue weighted by atomic mass is 9.85. The molecule has 1 fully saturated rings. The van der Waals surface area contributed by atoms with Gasteiger partial charge in [-0.25, -0.2) is 0 Å². The lowest BCUT2D eigenvalue weighted by molar-refractivity contribution is -0.113. The number of benzene rings is 1. The summed E-state index contributed by atoms with van der Waals surface area (Å²) >= 11 is 0. The Morgan fingerprint density at radius 1 is 1.34 bits per heavy atom. The van der Waals surface area contributed by atoms with Crippen molar-refractivity contribution in [3.63, 3.8) is 0 Å². The van der Waals surface area contributed by atoms with Crippen molar-refractivity contribution in [2.24, 2.45) is 17.4 Å². The molecule has 0 saturated carbocycles. The first-order valence-corrected chi connectivity index (χ1v) is 9.49. The number of hydrogen-bond donors (Lipinski definition) is 5. The number of aromatic hydroxyl groups is 1. The number of phenols is 1. The Bertz CT molecular complexity index is 901. The van der Waals surface area contributed by atoms with Crippen molar-refractivity contribution in [2.75, 3.05) is 18.9 Å². The van der Waals surface area contributed by atoms with Gasteiger partial charge in [0, 0.05) is 41.6 Å². The monoisotopic (exact) mass is 398 g/mol. The van der Waals surface area contributed by atoms with Gasteiger partial charge in [0.15, 0.2) is 0 Å². The van der Waals surface area contributed by atoms with Gasteiger partial charge in [-0.3, -0.25) is 4.79 Å². The Kier molecular flexibility index (Phi) is 7.50. The van der Waals surface area contributed by atoms with Crippen LogP contribution in [0, 0.1) is 12.8 Å². The molecule has 1 aliphatic rings. The maximum atomic E-state index is 9.97. The van der Waals surface area contributed by atoms with Gasteiger partial charge in [0.05, 0.1) is 0 Å². The zero-order valence-corrected chi connectivity index (χ0v) is 16.9. The molecule has 1 aromatic carbocycles. The molecule has 0 aliphatic carbocycles. The van der Waals surface area contributed by atoms with Gasteiger partial charge in [0.1, 0.15) is 11.6 Å². The third kappa shape index (κ3) is 5.42. The Morgan fingerprint density at radius 3 is 2.59 bits per heavy atom. The Hall–Kier alpha value is -3.19. The summed E-state index contributed by atoms with van der Waals surface area (Å²) < 4.78 is 5.54. The van der Waals surface area contributed by atoms with Gasteiger partial charge in [0.25, 0.3) is 0 Å². The van der Waals surface area contributed by atoms with E-state index in [9.17, 15) is 9.90 Å². The molecule has 2 aromatic rings. The fourth-order valence-electron chi connectivity index (χ4n) is 3.47. The number of aromatic nitrogens is 1. The highest BCUT2D eigenvalue weighted by atomic mass is 16.5. The van der Waals surface area contributed by atoms with Crippen molar-refractivity contribution in [3.05, 3.63) is 59.3 Å². The number of nitrogens with one attached hydrogen (secondary N) is 1. The number of aromatic amines is 1. The zero-order valence-electron chi connectivity index (χ0n) is 16.9. The molecule has 7 heteroatoms. The predicted octanol–water partition coefficient (Wildman–Crippen LogP) is 2.87. The second kappa shape index (κ2) is 9.84. The molecule has 0 spiro atoms. The van der Waals surface area contributed by atoms with Crippen LogP contribution < -0.4 is 17.2 Å². The second-order valence-electron chi connectivity index (χ2n) is 7.16. The van der Waals surface area contributed by atoms with Gasteiger partial charge < -0.3 is 32.0 Å². The summed E-state index contributed by atoms with van der Waals surface area (Å²) in [5.41, 5.74) is 21.2. The lowest BCUT2D eigenvalue weighted by Gasteiger charge is -2.28. The van der Waals surface area contributed by atoms with Crippen LogP contribution in [0.4, 0.5) is 5.82 Å². The molecule has 8 N–H and O–H groups in total. The molecule has 7 nitrogen and oxygen atoms in total. The lowest BCUT2D eigenvalue weighted by Crippen LogP contribution is -2.24. The third-order valence-corrected chi connectivity index (χ3v) is 5.10. The van der Waals surface area contributed by atoms with Crippen LogP contribution in [0.3, 0.4) is 0 Å². The van der Waals surface area contributed by atoms with Crippen molar-refractivity contribution in [3.8, 4) is 5.75 Å². The molecule has 2 unspecified atom stereocenters. The summed E-state index contributed by atoms with van der Waals surface area (Å²) in [5, 5.41) is 9.97. The van der Waals surface area contributed by atoms with E-state index in [1.807, 2.05) is 12.1 Å². The van der Waals surface area contributed by atoms with Crippen molar-refractivity contribution in [1.29, 1.82) is 0 Å². The first kappa shape index (κ1) is 22.1. The maximum Gasteiger partial charge on any atom is 0.240 e. The van der Waals surface area contributed by atoms with Crippen LogP contribution in [-0.4, -0.2) is 29.2 Å². The quantitative estimate of drug-likeness (QED) is 0.504. The number of para-hydroxylation sites is 1. The molecule has 2 atom stereocenters. The van der Waals surface area contributed by atoms with Gasteiger partial charge in [-0.2, -0.15) is 0 Å². The number of ether oxygens (including phenoxy) is 1. The minimum absolute atomic E-state index is 0.163. The van der Waals surface area contributed by atoms with E-state index in [4.69, 9.17) is 16.2 Å². The fraction of sp³-hybridized carbons (Fsp3) is 0.318. The average Bonchev–Trinajstić information content (AvgIpc) is 2.97. The molecule has 1 aliphatic heterocycles. The first-order chi connectivity index (χ1) is 13.8. The smallest absolute Gasteiger partial charge is 0.240 e. The molecule has 2 heterocycles.